The molecule has 0 amide bonds. The quantitative estimate of drug-likeness (QED) is 0.327. The molecule has 4 rings (SSSR count). The van der Waals surface area contributed by atoms with Crippen LogP contribution in [-0.2, 0) is 5.41 Å². The predicted octanol–water partition coefficient (Wildman–Crippen LogP) is 6.32. The monoisotopic (exact) mass is 494 g/mol. The lowest BCUT2D eigenvalue weighted by molar-refractivity contribution is 0.0696. The van der Waals surface area contributed by atoms with Gasteiger partial charge in [0.2, 0.25) is 0 Å². The van der Waals surface area contributed by atoms with E-state index in [4.69, 9.17) is 4.74 Å². The highest BCUT2D eigenvalue weighted by Crippen LogP contribution is 2.48. The minimum Gasteiger partial charge on any atom is -0.507 e. The van der Waals surface area contributed by atoms with Gasteiger partial charge >= 0.3 is 5.97 Å². The Morgan fingerprint density at radius 2 is 1.81 bits per heavy atom. The van der Waals surface area contributed by atoms with Crippen molar-refractivity contribution in [2.45, 2.75) is 25.7 Å². The maximum atomic E-state index is 15.4. The van der Waals surface area contributed by atoms with Crippen molar-refractivity contribution in [3.05, 3.63) is 77.2 Å². The van der Waals surface area contributed by atoms with Gasteiger partial charge in [0.15, 0.2) is 11.6 Å². The van der Waals surface area contributed by atoms with Crippen molar-refractivity contribution in [1.29, 1.82) is 5.26 Å². The first kappa shape index (κ1) is 24.7. The number of nitriles is 1. The van der Waals surface area contributed by atoms with Crippen LogP contribution in [-0.4, -0.2) is 27.9 Å². The summed E-state index contributed by atoms with van der Waals surface area (Å²) in [5.41, 5.74) is -0.393. The Labute approximate surface area is 204 Å². The molecular formula is C27H21F3N2O4. The number of nitrogens with zero attached hydrogens (tertiary/aromatic N) is 2. The minimum atomic E-state index is -1.32. The molecule has 2 N–H and O–H groups in total. The molecule has 1 heterocycles. The Morgan fingerprint density at radius 1 is 1.08 bits per heavy atom. The molecule has 3 aromatic carbocycles. The summed E-state index contributed by atoms with van der Waals surface area (Å²) in [5, 5.41) is 29.7. The molecule has 9 heteroatoms. The number of carboxylic acids is 1. The fraction of sp³-hybridized carbons (Fsp3) is 0.185. The third-order valence-corrected chi connectivity index (χ3v) is 6.05. The second-order valence-corrected chi connectivity index (χ2v) is 8.92. The number of carboxylic acid groups (broad SMARTS) is 1. The molecule has 0 radical (unpaired) electrons. The van der Waals surface area contributed by atoms with E-state index < -0.39 is 34.6 Å². The molecule has 6 nitrogen and oxygen atoms in total. The van der Waals surface area contributed by atoms with Crippen LogP contribution in [0, 0.1) is 28.8 Å². The van der Waals surface area contributed by atoms with Gasteiger partial charge in [0, 0.05) is 46.5 Å². The van der Waals surface area contributed by atoms with Crippen molar-refractivity contribution in [3.63, 3.8) is 0 Å². The summed E-state index contributed by atoms with van der Waals surface area (Å²) < 4.78 is 50.8. The summed E-state index contributed by atoms with van der Waals surface area (Å²) in [6.45, 7) is 3.45. The first-order valence-corrected chi connectivity index (χ1v) is 10.8. The lowest BCUT2D eigenvalue weighted by Gasteiger charge is -2.27. The number of phenolic OH excluding ortho intramolecular Hbond substituents is 1. The first-order chi connectivity index (χ1) is 17.0. The normalized spacial score (nSPS) is 11.5. The van der Waals surface area contributed by atoms with Gasteiger partial charge in [0.25, 0.3) is 0 Å². The third kappa shape index (κ3) is 4.01. The molecule has 0 fully saturated rings. The van der Waals surface area contributed by atoms with Crippen LogP contribution >= 0.6 is 0 Å². The molecule has 1 aromatic heterocycles. The molecule has 4 aromatic rings. The summed E-state index contributed by atoms with van der Waals surface area (Å²) in [4.78, 5) is 11.4. The predicted molar refractivity (Wildman–Crippen MR) is 127 cm³/mol. The molecule has 0 saturated carbocycles. The smallest absolute Gasteiger partial charge is 0.335 e. The van der Waals surface area contributed by atoms with Crippen molar-refractivity contribution >= 4 is 16.9 Å². The number of aromatic hydroxyl groups is 1. The number of phenols is 1. The van der Waals surface area contributed by atoms with Crippen LogP contribution in [0.15, 0.2) is 48.5 Å². The fourth-order valence-electron chi connectivity index (χ4n) is 4.45. The van der Waals surface area contributed by atoms with Crippen molar-refractivity contribution < 1.29 is 32.9 Å². The summed E-state index contributed by atoms with van der Waals surface area (Å²) in [6.07, 6.45) is -0.0489. The number of hydrogen-bond donors (Lipinski definition) is 2. The molecule has 0 saturated heterocycles. The standard InChI is InChI=1S/C27H21F3N2O4/c1-27(2,8-9-31)25-23(17-6-4-14(26(34)35)10-19(17)30)24-20(11-15(28)12-21(24)33)32(25)16-5-7-18(29)22(13-16)36-3/h4-7,10-13,33H,8H2,1-3H3,(H,34,35). The Hall–Kier alpha value is -4.45. The molecule has 0 atom stereocenters. The number of hydrogen-bond acceptors (Lipinski definition) is 4. The third-order valence-electron chi connectivity index (χ3n) is 6.05. The average Bonchev–Trinajstić information content (AvgIpc) is 3.15. The van der Waals surface area contributed by atoms with Gasteiger partial charge in [0.05, 0.1) is 29.6 Å². The number of fused-ring (bicyclic) bond motifs is 1. The molecule has 0 bridgehead atoms. The molecule has 36 heavy (non-hydrogen) atoms. The summed E-state index contributed by atoms with van der Waals surface area (Å²) in [7, 11) is 1.28. The van der Waals surface area contributed by atoms with Crippen LogP contribution in [0.4, 0.5) is 13.2 Å². The Kier molecular flexibility index (Phi) is 6.14. The van der Waals surface area contributed by atoms with E-state index in [9.17, 15) is 29.1 Å². The first-order valence-electron chi connectivity index (χ1n) is 10.8. The van der Waals surface area contributed by atoms with Crippen molar-refractivity contribution in [1.82, 2.24) is 4.57 Å². The number of carbonyl (C=O) groups is 1. The Balaban J connectivity index is 2.24. The zero-order valence-electron chi connectivity index (χ0n) is 19.6. The summed E-state index contributed by atoms with van der Waals surface area (Å²) in [5.74, 6) is -4.20. The van der Waals surface area contributed by atoms with E-state index in [1.54, 1.807) is 13.8 Å². The second-order valence-electron chi connectivity index (χ2n) is 8.92. The molecular weight excluding hydrogens is 473 g/mol. The maximum absolute atomic E-state index is 15.4. The van der Waals surface area contributed by atoms with E-state index in [2.05, 4.69) is 6.07 Å². The topological polar surface area (TPSA) is 95.5 Å². The molecule has 0 unspecified atom stereocenters. The molecule has 0 aliphatic rings. The highest BCUT2D eigenvalue weighted by Gasteiger charge is 2.34. The van der Waals surface area contributed by atoms with E-state index in [1.165, 1.54) is 35.9 Å². The molecule has 0 aliphatic heterocycles. The Bertz CT molecular complexity index is 1570. The number of benzene rings is 3. The number of ether oxygens (including phenoxy) is 1. The van der Waals surface area contributed by atoms with Crippen molar-refractivity contribution in [3.8, 4) is 34.4 Å². The summed E-state index contributed by atoms with van der Waals surface area (Å²) in [6, 6.07) is 11.4. The lowest BCUT2D eigenvalue weighted by atomic mass is 9.81. The van der Waals surface area contributed by atoms with Gasteiger partial charge in [-0.25, -0.2) is 18.0 Å². The number of aromatic nitrogens is 1. The highest BCUT2D eigenvalue weighted by atomic mass is 19.1. The zero-order chi connectivity index (χ0) is 26.4. The van der Waals surface area contributed by atoms with Crippen molar-refractivity contribution in [2.75, 3.05) is 7.11 Å². The van der Waals surface area contributed by atoms with Gasteiger partial charge in [-0.1, -0.05) is 19.9 Å². The lowest BCUT2D eigenvalue weighted by Crippen LogP contribution is -2.22. The molecule has 0 aliphatic carbocycles. The van der Waals surface area contributed by atoms with E-state index in [-0.39, 0.29) is 39.8 Å². The molecule has 0 spiro atoms. The SMILES string of the molecule is COc1cc(-n2c(C(C)(C)CC#N)c(-c3ccc(C(=O)O)cc3F)c3c(O)cc(F)cc32)ccc1F. The van der Waals surface area contributed by atoms with Gasteiger partial charge in [-0.3, -0.25) is 0 Å². The van der Waals surface area contributed by atoms with Gasteiger partial charge in [-0.15, -0.1) is 0 Å². The van der Waals surface area contributed by atoms with E-state index in [1.807, 2.05) is 0 Å². The van der Waals surface area contributed by atoms with E-state index in [0.29, 0.717) is 11.4 Å². The van der Waals surface area contributed by atoms with E-state index >= 15 is 4.39 Å². The van der Waals surface area contributed by atoms with Crippen LogP contribution in [0.5, 0.6) is 11.5 Å². The zero-order valence-corrected chi connectivity index (χ0v) is 19.6. The van der Waals surface area contributed by atoms with Gasteiger partial charge in [0.1, 0.15) is 17.4 Å². The fourth-order valence-corrected chi connectivity index (χ4v) is 4.45. The number of aromatic carboxylic acids is 1. The molecule has 184 valence electrons. The van der Waals surface area contributed by atoms with Crippen LogP contribution in [0.2, 0.25) is 0 Å². The second kappa shape index (κ2) is 8.96. The van der Waals surface area contributed by atoms with Gasteiger partial charge < -0.3 is 19.5 Å². The minimum absolute atomic E-state index is 0.0489. The number of methoxy groups -OCH3 is 1. The van der Waals surface area contributed by atoms with Gasteiger partial charge in [-0.05, 0) is 30.3 Å². The van der Waals surface area contributed by atoms with Crippen molar-refractivity contribution in [2.24, 2.45) is 0 Å². The van der Waals surface area contributed by atoms with Crippen LogP contribution in [0.1, 0.15) is 36.3 Å². The van der Waals surface area contributed by atoms with Crippen LogP contribution < -0.4 is 4.74 Å². The number of halogens is 3. The van der Waals surface area contributed by atoms with Crippen LogP contribution in [0.3, 0.4) is 0 Å². The average molecular weight is 494 g/mol. The van der Waals surface area contributed by atoms with Crippen LogP contribution in [0.25, 0.3) is 27.7 Å². The van der Waals surface area contributed by atoms with E-state index in [0.717, 1.165) is 24.3 Å². The maximum Gasteiger partial charge on any atom is 0.335 e. The summed E-state index contributed by atoms with van der Waals surface area (Å²) >= 11 is 0. The largest absolute Gasteiger partial charge is 0.507 e. The highest BCUT2D eigenvalue weighted by molar-refractivity contribution is 6.04. The Morgan fingerprint density at radius 3 is 2.42 bits per heavy atom. The van der Waals surface area contributed by atoms with Gasteiger partial charge in [-0.2, -0.15) is 5.26 Å². The number of rotatable bonds is 6.